The Morgan fingerprint density at radius 3 is 2.18 bits per heavy atom. The van der Waals surface area contributed by atoms with Crippen LogP contribution >= 0.6 is 0 Å². The first kappa shape index (κ1) is 20.4. The molecule has 5 rings (SSSR count). The maximum Gasteiger partial charge on any atom is 0.247 e. The van der Waals surface area contributed by atoms with Crippen LogP contribution in [0.4, 0.5) is 11.5 Å². The van der Waals surface area contributed by atoms with Crippen LogP contribution < -0.4 is 10.6 Å². The van der Waals surface area contributed by atoms with Crippen LogP contribution in [-0.2, 0) is 11.2 Å². The Bertz CT molecular complexity index is 1350. The molecule has 7 nitrogen and oxygen atoms in total. The van der Waals surface area contributed by atoms with E-state index in [-0.39, 0.29) is 5.91 Å². The molecular formula is C26H22N6O. The molecule has 0 bridgehead atoms. The quantitative estimate of drug-likeness (QED) is 0.395. The molecule has 0 saturated heterocycles. The number of nitrogens with zero attached hydrogens (tertiary/aromatic N) is 4. The number of hydrogen-bond donors (Lipinski definition) is 2. The second kappa shape index (κ2) is 9.32. The van der Waals surface area contributed by atoms with Crippen molar-refractivity contribution in [1.82, 2.24) is 19.8 Å². The summed E-state index contributed by atoms with van der Waals surface area (Å²) in [4.78, 5) is 13.2. The van der Waals surface area contributed by atoms with E-state index < -0.39 is 6.04 Å². The summed E-state index contributed by atoms with van der Waals surface area (Å²) in [6, 6.07) is 32.2. The van der Waals surface area contributed by atoms with E-state index in [0.717, 1.165) is 16.8 Å². The lowest BCUT2D eigenvalue weighted by atomic mass is 10.1. The first-order valence-corrected chi connectivity index (χ1v) is 10.7. The molecule has 0 spiro atoms. The predicted octanol–water partition coefficient (Wildman–Crippen LogP) is 4.45. The fourth-order valence-corrected chi connectivity index (χ4v) is 3.62. The van der Waals surface area contributed by atoms with Crippen LogP contribution in [-0.4, -0.2) is 31.8 Å². The molecule has 0 aliphatic carbocycles. The van der Waals surface area contributed by atoms with Crippen LogP contribution in [0.15, 0.2) is 103 Å². The molecule has 0 aliphatic heterocycles. The predicted molar refractivity (Wildman–Crippen MR) is 129 cm³/mol. The van der Waals surface area contributed by atoms with Crippen molar-refractivity contribution in [1.29, 1.82) is 0 Å². The van der Waals surface area contributed by atoms with Crippen molar-refractivity contribution in [2.75, 3.05) is 10.6 Å². The molecule has 1 amide bonds. The Labute approximate surface area is 191 Å². The standard InChI is InChI=1S/C26H22N6O/c33-26(27-21-14-8-3-9-15-21)22(18-19-10-4-1-5-11-19)28-23-16-17-24-29-30-25(32(24)31-23)20-12-6-2-7-13-20/h1-17,22H,18H2,(H,27,33)(H,28,31)/t22-/m1/s1. The zero-order chi connectivity index (χ0) is 22.5. The van der Waals surface area contributed by atoms with Gasteiger partial charge in [-0.2, -0.15) is 4.52 Å². The molecule has 2 heterocycles. The van der Waals surface area contributed by atoms with Gasteiger partial charge in [-0.1, -0.05) is 78.9 Å². The summed E-state index contributed by atoms with van der Waals surface area (Å²) in [6.07, 6.45) is 0.507. The van der Waals surface area contributed by atoms with E-state index in [1.54, 1.807) is 4.52 Å². The van der Waals surface area contributed by atoms with E-state index in [2.05, 4.69) is 25.9 Å². The molecular weight excluding hydrogens is 412 g/mol. The first-order valence-electron chi connectivity index (χ1n) is 10.7. The minimum Gasteiger partial charge on any atom is -0.357 e. The normalized spacial score (nSPS) is 11.8. The van der Waals surface area contributed by atoms with Gasteiger partial charge >= 0.3 is 0 Å². The van der Waals surface area contributed by atoms with E-state index in [1.165, 1.54) is 0 Å². The van der Waals surface area contributed by atoms with E-state index in [1.807, 2.05) is 103 Å². The van der Waals surface area contributed by atoms with Gasteiger partial charge in [-0.05, 0) is 29.8 Å². The molecule has 162 valence electrons. The number of benzene rings is 3. The van der Waals surface area contributed by atoms with Gasteiger partial charge in [0.2, 0.25) is 5.91 Å². The molecule has 2 aromatic heterocycles. The van der Waals surface area contributed by atoms with Crippen molar-refractivity contribution in [2.24, 2.45) is 0 Å². The number of aromatic nitrogens is 4. The number of carbonyl (C=O) groups is 1. The Kier molecular flexibility index (Phi) is 5.75. The molecule has 5 aromatic rings. The van der Waals surface area contributed by atoms with Crippen molar-refractivity contribution in [3.63, 3.8) is 0 Å². The highest BCUT2D eigenvalue weighted by atomic mass is 16.2. The third-order valence-corrected chi connectivity index (χ3v) is 5.26. The fraction of sp³-hybridized carbons (Fsp3) is 0.0769. The number of fused-ring (bicyclic) bond motifs is 1. The molecule has 7 heteroatoms. The van der Waals surface area contributed by atoms with Gasteiger partial charge in [0.25, 0.3) is 0 Å². The van der Waals surface area contributed by atoms with Crippen molar-refractivity contribution >= 4 is 23.1 Å². The topological polar surface area (TPSA) is 84.2 Å². The number of carbonyl (C=O) groups excluding carboxylic acids is 1. The van der Waals surface area contributed by atoms with Crippen LogP contribution in [0, 0.1) is 0 Å². The maximum absolute atomic E-state index is 13.2. The highest BCUT2D eigenvalue weighted by Gasteiger charge is 2.20. The van der Waals surface area contributed by atoms with Gasteiger partial charge in [-0.15, -0.1) is 15.3 Å². The summed E-state index contributed by atoms with van der Waals surface area (Å²) in [5.41, 5.74) is 3.34. The Balaban J connectivity index is 1.44. The van der Waals surface area contributed by atoms with Gasteiger partial charge in [0.1, 0.15) is 11.9 Å². The molecule has 2 N–H and O–H groups in total. The van der Waals surface area contributed by atoms with Crippen molar-refractivity contribution in [3.8, 4) is 11.4 Å². The molecule has 3 aromatic carbocycles. The summed E-state index contributed by atoms with van der Waals surface area (Å²) >= 11 is 0. The van der Waals surface area contributed by atoms with Gasteiger partial charge in [-0.25, -0.2) is 0 Å². The summed E-state index contributed by atoms with van der Waals surface area (Å²) < 4.78 is 1.69. The van der Waals surface area contributed by atoms with E-state index >= 15 is 0 Å². The van der Waals surface area contributed by atoms with Crippen LogP contribution in [0.2, 0.25) is 0 Å². The van der Waals surface area contributed by atoms with Crippen LogP contribution in [0.25, 0.3) is 17.0 Å². The van der Waals surface area contributed by atoms with Crippen molar-refractivity contribution in [3.05, 3.63) is 109 Å². The van der Waals surface area contributed by atoms with E-state index in [4.69, 9.17) is 0 Å². The third kappa shape index (κ3) is 4.72. The summed E-state index contributed by atoms with van der Waals surface area (Å²) in [5.74, 6) is 1.06. The van der Waals surface area contributed by atoms with Crippen LogP contribution in [0.3, 0.4) is 0 Å². The highest BCUT2D eigenvalue weighted by Crippen LogP contribution is 2.19. The average molecular weight is 435 g/mol. The first-order chi connectivity index (χ1) is 16.3. The number of rotatable bonds is 7. The largest absolute Gasteiger partial charge is 0.357 e. The van der Waals surface area contributed by atoms with Crippen LogP contribution in [0.5, 0.6) is 0 Å². The zero-order valence-electron chi connectivity index (χ0n) is 17.8. The molecule has 0 unspecified atom stereocenters. The second-order valence-corrected chi connectivity index (χ2v) is 7.62. The monoisotopic (exact) mass is 434 g/mol. The summed E-state index contributed by atoms with van der Waals surface area (Å²) in [5, 5.41) is 19.5. The molecule has 0 aliphatic rings. The SMILES string of the molecule is O=C(Nc1ccccc1)[C@@H](Cc1ccccc1)Nc1ccc2nnc(-c3ccccc3)n2n1. The number of anilines is 2. The lowest BCUT2D eigenvalue weighted by Gasteiger charge is -2.19. The van der Waals surface area contributed by atoms with Gasteiger partial charge in [0.05, 0.1) is 0 Å². The van der Waals surface area contributed by atoms with E-state index in [0.29, 0.717) is 23.7 Å². The molecule has 0 fully saturated rings. The minimum atomic E-state index is -0.533. The average Bonchev–Trinajstić information content (AvgIpc) is 3.29. The zero-order valence-corrected chi connectivity index (χ0v) is 17.8. The van der Waals surface area contributed by atoms with Gasteiger partial charge in [0, 0.05) is 17.7 Å². The Hall–Kier alpha value is -4.52. The highest BCUT2D eigenvalue weighted by molar-refractivity contribution is 5.96. The lowest BCUT2D eigenvalue weighted by Crippen LogP contribution is -2.37. The smallest absolute Gasteiger partial charge is 0.247 e. The minimum absolute atomic E-state index is 0.140. The Morgan fingerprint density at radius 2 is 1.45 bits per heavy atom. The Morgan fingerprint density at radius 1 is 0.788 bits per heavy atom. The maximum atomic E-state index is 13.2. The summed E-state index contributed by atoms with van der Waals surface area (Å²) in [6.45, 7) is 0. The van der Waals surface area contributed by atoms with E-state index in [9.17, 15) is 4.79 Å². The molecule has 0 radical (unpaired) electrons. The summed E-state index contributed by atoms with van der Waals surface area (Å²) in [7, 11) is 0. The number of para-hydroxylation sites is 1. The number of amides is 1. The fourth-order valence-electron chi connectivity index (χ4n) is 3.62. The number of nitrogens with one attached hydrogen (secondary N) is 2. The van der Waals surface area contributed by atoms with Crippen molar-refractivity contribution in [2.45, 2.75) is 12.5 Å². The molecule has 0 saturated carbocycles. The van der Waals surface area contributed by atoms with Gasteiger partial charge in [-0.3, -0.25) is 4.79 Å². The lowest BCUT2D eigenvalue weighted by molar-refractivity contribution is -0.116. The molecule has 1 atom stereocenters. The second-order valence-electron chi connectivity index (χ2n) is 7.62. The number of hydrogen-bond acceptors (Lipinski definition) is 5. The molecule has 33 heavy (non-hydrogen) atoms. The van der Waals surface area contributed by atoms with Gasteiger partial charge in [0.15, 0.2) is 11.5 Å². The van der Waals surface area contributed by atoms with Gasteiger partial charge < -0.3 is 10.6 Å². The van der Waals surface area contributed by atoms with Crippen molar-refractivity contribution < 1.29 is 4.79 Å². The van der Waals surface area contributed by atoms with Crippen LogP contribution in [0.1, 0.15) is 5.56 Å². The third-order valence-electron chi connectivity index (χ3n) is 5.26.